The summed E-state index contributed by atoms with van der Waals surface area (Å²) in [6, 6.07) is 6.13. The minimum atomic E-state index is -0.443. The maximum atomic E-state index is 12.1. The van der Waals surface area contributed by atoms with Crippen LogP contribution in [0.5, 0.6) is 0 Å². The molecule has 7 nitrogen and oxygen atoms in total. The highest BCUT2D eigenvalue weighted by Gasteiger charge is 2.27. The summed E-state index contributed by atoms with van der Waals surface area (Å²) in [5.74, 6) is 0.177. The first-order valence-corrected chi connectivity index (χ1v) is 11.0. The molecule has 1 aliphatic rings. The molecule has 0 bridgehead atoms. The van der Waals surface area contributed by atoms with Crippen molar-refractivity contribution in [3.8, 4) is 0 Å². The fraction of sp³-hybridized carbons (Fsp3) is 0.583. The first-order chi connectivity index (χ1) is 14.7. The predicted octanol–water partition coefficient (Wildman–Crippen LogP) is 3.90. The van der Waals surface area contributed by atoms with Crippen molar-refractivity contribution in [2.75, 3.05) is 46.9 Å². The van der Waals surface area contributed by atoms with Crippen LogP contribution in [-0.4, -0.2) is 73.4 Å². The number of ether oxygens (including phenoxy) is 2. The number of hydrogen-bond acceptors (Lipinski definition) is 7. The molecular weight excluding hydrogens is 394 g/mol. The third-order valence-corrected chi connectivity index (χ3v) is 5.28. The Bertz CT molecular complexity index is 890. The van der Waals surface area contributed by atoms with Crippen LogP contribution < -0.4 is 0 Å². The zero-order valence-corrected chi connectivity index (χ0v) is 19.4. The second kappa shape index (κ2) is 10.3. The number of rotatable bonds is 8. The number of aromatic nitrogens is 1. The van der Waals surface area contributed by atoms with Crippen molar-refractivity contribution >= 4 is 23.0 Å². The molecule has 0 atom stereocenters. The summed E-state index contributed by atoms with van der Waals surface area (Å²) in [7, 11) is 4.04. The maximum absolute atomic E-state index is 12.1. The minimum Gasteiger partial charge on any atom is -0.500 e. The number of benzene rings is 1. The molecule has 0 spiro atoms. The van der Waals surface area contributed by atoms with Gasteiger partial charge < -0.3 is 18.9 Å². The molecule has 1 aromatic heterocycles. The van der Waals surface area contributed by atoms with Crippen molar-refractivity contribution in [1.82, 2.24) is 15.0 Å². The summed E-state index contributed by atoms with van der Waals surface area (Å²) in [4.78, 5) is 16.3. The number of esters is 1. The van der Waals surface area contributed by atoms with Crippen LogP contribution in [0.4, 0.5) is 0 Å². The lowest BCUT2D eigenvalue weighted by molar-refractivity contribution is -0.156. The Kier molecular flexibility index (Phi) is 7.73. The quantitative estimate of drug-likeness (QED) is 0.358. The molecule has 0 radical (unpaired) electrons. The lowest BCUT2D eigenvalue weighted by Crippen LogP contribution is -2.39. The van der Waals surface area contributed by atoms with E-state index in [4.69, 9.17) is 14.0 Å². The van der Waals surface area contributed by atoms with Gasteiger partial charge in [-0.2, -0.15) is 0 Å². The van der Waals surface area contributed by atoms with Crippen LogP contribution in [0.2, 0.25) is 0 Å². The average Bonchev–Trinajstić information content (AvgIpc) is 3.10. The second-order valence-corrected chi connectivity index (χ2v) is 9.44. The number of hydrogen-bond donors (Lipinski definition) is 0. The molecule has 3 rings (SSSR count). The van der Waals surface area contributed by atoms with Crippen LogP contribution in [0.3, 0.4) is 0 Å². The van der Waals surface area contributed by atoms with Crippen molar-refractivity contribution in [2.45, 2.75) is 45.1 Å². The molecule has 1 fully saturated rings. The third-order valence-electron chi connectivity index (χ3n) is 5.28. The SMILES string of the molecule is CN(C)CCOC=Cc1ccc2c(C3CCN(CC(=O)OC(C)(C)C)CC3)noc2c1. The number of carbonyl (C=O) groups is 1. The molecule has 0 saturated carbocycles. The smallest absolute Gasteiger partial charge is 0.320 e. The summed E-state index contributed by atoms with van der Waals surface area (Å²) in [5.41, 5.74) is 2.39. The number of carbonyl (C=O) groups excluding carboxylic acids is 1. The van der Waals surface area contributed by atoms with Gasteiger partial charge in [-0.1, -0.05) is 11.2 Å². The zero-order valence-electron chi connectivity index (χ0n) is 19.4. The van der Waals surface area contributed by atoms with Crippen LogP contribution in [0, 0.1) is 0 Å². The number of piperidine rings is 1. The van der Waals surface area contributed by atoms with E-state index in [1.807, 2.05) is 47.0 Å². The fourth-order valence-corrected chi connectivity index (χ4v) is 3.72. The molecule has 170 valence electrons. The van der Waals surface area contributed by atoms with Crippen molar-refractivity contribution in [1.29, 1.82) is 0 Å². The molecular formula is C24H35N3O4. The number of likely N-dealkylation sites (tertiary alicyclic amines) is 1. The molecule has 2 heterocycles. The van der Waals surface area contributed by atoms with Gasteiger partial charge in [-0.05, 0) is 84.6 Å². The van der Waals surface area contributed by atoms with Crippen molar-refractivity contribution in [3.63, 3.8) is 0 Å². The van der Waals surface area contributed by atoms with Gasteiger partial charge in [-0.25, -0.2) is 0 Å². The standard InChI is InChI=1S/C24H35N3O4/c1-24(2,3)30-22(28)17-27-11-8-19(9-12-27)23-20-7-6-18(16-21(20)31-25-23)10-14-29-15-13-26(4)5/h6-7,10,14,16,19H,8-9,11-13,15,17H2,1-5H3. The van der Waals surface area contributed by atoms with Gasteiger partial charge >= 0.3 is 5.97 Å². The highest BCUT2D eigenvalue weighted by Crippen LogP contribution is 2.33. The lowest BCUT2D eigenvalue weighted by atomic mass is 9.91. The first-order valence-electron chi connectivity index (χ1n) is 11.0. The molecule has 1 aromatic carbocycles. The molecule has 1 aliphatic heterocycles. The van der Waals surface area contributed by atoms with Crippen LogP contribution >= 0.6 is 0 Å². The first kappa shape index (κ1) is 23.3. The number of likely N-dealkylation sites (N-methyl/N-ethyl adjacent to an activating group) is 1. The summed E-state index contributed by atoms with van der Waals surface area (Å²) >= 11 is 0. The van der Waals surface area contributed by atoms with Crippen molar-refractivity contribution in [3.05, 3.63) is 35.7 Å². The van der Waals surface area contributed by atoms with E-state index in [0.717, 1.165) is 54.7 Å². The number of nitrogens with zero attached hydrogens (tertiary/aromatic N) is 3. The van der Waals surface area contributed by atoms with Crippen molar-refractivity contribution in [2.24, 2.45) is 0 Å². The fourth-order valence-electron chi connectivity index (χ4n) is 3.72. The Morgan fingerprint density at radius 1 is 1.29 bits per heavy atom. The summed E-state index contributed by atoms with van der Waals surface area (Å²) < 4.78 is 16.6. The molecule has 7 heteroatoms. The largest absolute Gasteiger partial charge is 0.500 e. The van der Waals surface area contributed by atoms with E-state index in [1.54, 1.807) is 6.26 Å². The van der Waals surface area contributed by atoms with Gasteiger partial charge in [0.2, 0.25) is 0 Å². The van der Waals surface area contributed by atoms with Gasteiger partial charge in [0.05, 0.1) is 25.1 Å². The van der Waals surface area contributed by atoms with E-state index in [9.17, 15) is 4.79 Å². The Balaban J connectivity index is 1.54. The third kappa shape index (κ3) is 7.08. The minimum absolute atomic E-state index is 0.163. The van der Waals surface area contributed by atoms with E-state index in [-0.39, 0.29) is 5.97 Å². The summed E-state index contributed by atoms with van der Waals surface area (Å²) in [5, 5.41) is 5.44. The van der Waals surface area contributed by atoms with Gasteiger partial charge in [-0.3, -0.25) is 9.69 Å². The van der Waals surface area contributed by atoms with Crippen LogP contribution in [0.15, 0.2) is 29.0 Å². The molecule has 0 aliphatic carbocycles. The summed E-state index contributed by atoms with van der Waals surface area (Å²) in [6.45, 7) is 9.27. The molecule has 2 aromatic rings. The highest BCUT2D eigenvalue weighted by molar-refractivity contribution is 5.82. The van der Waals surface area contributed by atoms with Gasteiger partial charge in [0, 0.05) is 17.8 Å². The predicted molar refractivity (Wildman–Crippen MR) is 122 cm³/mol. The average molecular weight is 430 g/mol. The highest BCUT2D eigenvalue weighted by atomic mass is 16.6. The van der Waals surface area contributed by atoms with E-state index >= 15 is 0 Å². The van der Waals surface area contributed by atoms with Gasteiger partial charge in [0.15, 0.2) is 5.58 Å². The van der Waals surface area contributed by atoms with Crippen LogP contribution in [0.25, 0.3) is 17.0 Å². The molecule has 1 saturated heterocycles. The lowest BCUT2D eigenvalue weighted by Gasteiger charge is -2.31. The van der Waals surface area contributed by atoms with Gasteiger partial charge in [0.25, 0.3) is 0 Å². The second-order valence-electron chi connectivity index (χ2n) is 9.44. The van der Waals surface area contributed by atoms with Crippen LogP contribution in [-0.2, 0) is 14.3 Å². The van der Waals surface area contributed by atoms with E-state index < -0.39 is 5.60 Å². The Labute approximate surface area is 184 Å². The van der Waals surface area contributed by atoms with Gasteiger partial charge in [-0.15, -0.1) is 0 Å². The van der Waals surface area contributed by atoms with Gasteiger partial charge in [0.1, 0.15) is 5.60 Å². The van der Waals surface area contributed by atoms with E-state index in [1.165, 1.54) is 0 Å². The molecule has 0 unspecified atom stereocenters. The van der Waals surface area contributed by atoms with E-state index in [2.05, 4.69) is 27.1 Å². The normalized spacial score (nSPS) is 16.5. The Morgan fingerprint density at radius 3 is 2.71 bits per heavy atom. The molecule has 0 N–H and O–H groups in total. The molecule has 31 heavy (non-hydrogen) atoms. The topological polar surface area (TPSA) is 68.0 Å². The zero-order chi connectivity index (χ0) is 22.4. The number of fused-ring (bicyclic) bond motifs is 1. The van der Waals surface area contributed by atoms with E-state index in [0.29, 0.717) is 19.1 Å². The Hall–Kier alpha value is -2.38. The van der Waals surface area contributed by atoms with Crippen LogP contribution in [0.1, 0.15) is 50.8 Å². The Morgan fingerprint density at radius 2 is 2.03 bits per heavy atom. The maximum Gasteiger partial charge on any atom is 0.320 e. The molecule has 0 amide bonds. The van der Waals surface area contributed by atoms with Crippen molar-refractivity contribution < 1.29 is 18.8 Å². The summed E-state index contributed by atoms with van der Waals surface area (Å²) in [6.07, 6.45) is 5.56. The monoisotopic (exact) mass is 429 g/mol.